The quantitative estimate of drug-likeness (QED) is 0.461. The van der Waals surface area contributed by atoms with E-state index < -0.39 is 17.7 Å². The molecule has 0 spiro atoms. The Hall–Kier alpha value is -1.05. The molecule has 0 fully saturated rings. The van der Waals surface area contributed by atoms with Gasteiger partial charge in [-0.25, -0.2) is 4.79 Å². The fraction of sp³-hybridized carbons (Fsp3) is 0.182. The van der Waals surface area contributed by atoms with Gasteiger partial charge in [0.05, 0.1) is 12.7 Å². The summed E-state index contributed by atoms with van der Waals surface area (Å²) in [4.78, 5) is 10.8. The van der Waals surface area contributed by atoms with Gasteiger partial charge in [-0.1, -0.05) is 6.07 Å². The number of rotatable bonds is 2. The monoisotopic (exact) mass is 356 g/mol. The Morgan fingerprint density at radius 1 is 1.41 bits per heavy atom. The number of hydrogen-bond donors (Lipinski definition) is 0. The fourth-order valence-corrected chi connectivity index (χ4v) is 1.64. The van der Waals surface area contributed by atoms with Crippen LogP contribution in [0.1, 0.15) is 11.1 Å². The van der Waals surface area contributed by atoms with Gasteiger partial charge in [-0.15, -0.1) is 0 Å². The Morgan fingerprint density at radius 3 is 2.59 bits per heavy atom. The molecule has 0 N–H and O–H groups in total. The summed E-state index contributed by atoms with van der Waals surface area (Å²) in [5.41, 5.74) is -0.840. The number of alkyl halides is 3. The summed E-state index contributed by atoms with van der Waals surface area (Å²) >= 11 is 1.80. The second-order valence-electron chi connectivity index (χ2n) is 3.09. The van der Waals surface area contributed by atoms with Gasteiger partial charge in [-0.05, 0) is 46.4 Å². The third-order valence-electron chi connectivity index (χ3n) is 1.92. The molecule has 0 aromatic heterocycles. The molecule has 6 heteroatoms. The minimum absolute atomic E-state index is 0.0664. The minimum Gasteiger partial charge on any atom is -0.466 e. The van der Waals surface area contributed by atoms with Crippen molar-refractivity contribution < 1.29 is 22.7 Å². The minimum atomic E-state index is -4.45. The molecule has 0 aliphatic heterocycles. The zero-order valence-corrected chi connectivity index (χ0v) is 10.9. The first-order valence-electron chi connectivity index (χ1n) is 4.47. The molecule has 0 heterocycles. The standard InChI is InChI=1S/C11H8F3IO2/c1-17-10(16)5-3-7-2-4-8(15)6-9(7)11(12,13)14/h2-6H,1H3. The second kappa shape index (κ2) is 5.52. The van der Waals surface area contributed by atoms with E-state index >= 15 is 0 Å². The van der Waals surface area contributed by atoms with E-state index in [1.54, 1.807) is 22.6 Å². The topological polar surface area (TPSA) is 26.3 Å². The Labute approximate surface area is 110 Å². The first kappa shape index (κ1) is 14.0. The van der Waals surface area contributed by atoms with Crippen molar-refractivity contribution in [3.8, 4) is 0 Å². The van der Waals surface area contributed by atoms with Gasteiger partial charge >= 0.3 is 12.1 Å². The number of carbonyl (C=O) groups is 1. The molecule has 0 radical (unpaired) electrons. The van der Waals surface area contributed by atoms with Gasteiger partial charge in [0.2, 0.25) is 0 Å². The maximum Gasteiger partial charge on any atom is 0.417 e. The van der Waals surface area contributed by atoms with Crippen LogP contribution in [0.15, 0.2) is 24.3 Å². The van der Waals surface area contributed by atoms with Gasteiger partial charge in [0.25, 0.3) is 0 Å². The van der Waals surface area contributed by atoms with Crippen molar-refractivity contribution in [1.82, 2.24) is 0 Å². The molecule has 0 amide bonds. The second-order valence-corrected chi connectivity index (χ2v) is 4.33. The van der Waals surface area contributed by atoms with Crippen LogP contribution in [0, 0.1) is 3.57 Å². The molecule has 1 rings (SSSR count). The number of hydrogen-bond acceptors (Lipinski definition) is 2. The van der Waals surface area contributed by atoms with Crippen LogP contribution >= 0.6 is 22.6 Å². The number of carbonyl (C=O) groups excluding carboxylic acids is 1. The SMILES string of the molecule is COC(=O)C=Cc1ccc(I)cc1C(F)(F)F. The maximum atomic E-state index is 12.7. The molecule has 0 aliphatic rings. The summed E-state index contributed by atoms with van der Waals surface area (Å²) in [6.07, 6.45) is -2.40. The fourth-order valence-electron chi connectivity index (χ4n) is 1.15. The van der Waals surface area contributed by atoms with Gasteiger partial charge in [0, 0.05) is 9.65 Å². The summed E-state index contributed by atoms with van der Waals surface area (Å²) < 4.78 is 42.8. The Morgan fingerprint density at radius 2 is 2.06 bits per heavy atom. The Bertz CT molecular complexity index is 453. The summed E-state index contributed by atoms with van der Waals surface area (Å²) in [5.74, 6) is -0.698. The predicted octanol–water partition coefficient (Wildman–Crippen LogP) is 3.50. The summed E-state index contributed by atoms with van der Waals surface area (Å²) in [6.45, 7) is 0. The number of ether oxygens (including phenoxy) is 1. The van der Waals surface area contributed by atoms with Crippen molar-refractivity contribution in [3.05, 3.63) is 39.0 Å². The lowest BCUT2D eigenvalue weighted by atomic mass is 10.1. The third-order valence-corrected chi connectivity index (χ3v) is 2.59. The third kappa shape index (κ3) is 4.03. The lowest BCUT2D eigenvalue weighted by Gasteiger charge is -2.10. The Kier molecular flexibility index (Phi) is 4.55. The lowest BCUT2D eigenvalue weighted by molar-refractivity contribution is -0.138. The van der Waals surface area contributed by atoms with Crippen LogP contribution in [-0.4, -0.2) is 13.1 Å². The molecular formula is C11H8F3IO2. The molecule has 1 aromatic carbocycles. The number of esters is 1. The highest BCUT2D eigenvalue weighted by Crippen LogP contribution is 2.33. The van der Waals surface area contributed by atoms with Crippen molar-refractivity contribution in [3.63, 3.8) is 0 Å². The van der Waals surface area contributed by atoms with E-state index in [2.05, 4.69) is 4.74 Å². The first-order valence-corrected chi connectivity index (χ1v) is 5.55. The number of benzene rings is 1. The van der Waals surface area contributed by atoms with Gasteiger partial charge in [0.15, 0.2) is 0 Å². The predicted molar refractivity (Wildman–Crippen MR) is 65.2 cm³/mol. The van der Waals surface area contributed by atoms with Crippen molar-refractivity contribution in [2.45, 2.75) is 6.18 Å². The van der Waals surface area contributed by atoms with Crippen molar-refractivity contribution in [2.24, 2.45) is 0 Å². The zero-order chi connectivity index (χ0) is 13.1. The molecule has 0 bridgehead atoms. The molecule has 2 nitrogen and oxygen atoms in total. The van der Waals surface area contributed by atoms with E-state index in [0.717, 1.165) is 25.3 Å². The van der Waals surface area contributed by atoms with E-state index in [1.807, 2.05) is 0 Å². The number of methoxy groups -OCH3 is 1. The molecule has 1 aromatic rings. The highest BCUT2D eigenvalue weighted by molar-refractivity contribution is 14.1. The molecular weight excluding hydrogens is 348 g/mol. The van der Waals surface area contributed by atoms with Crippen molar-refractivity contribution in [2.75, 3.05) is 7.11 Å². The Balaban J connectivity index is 3.16. The number of halogens is 4. The molecule has 0 unspecified atom stereocenters. The van der Waals surface area contributed by atoms with Crippen molar-refractivity contribution >= 4 is 34.6 Å². The van der Waals surface area contributed by atoms with Crippen LogP contribution in [0.25, 0.3) is 6.08 Å². The van der Waals surface area contributed by atoms with Gasteiger partial charge in [-0.3, -0.25) is 0 Å². The maximum absolute atomic E-state index is 12.7. The molecule has 92 valence electrons. The molecule has 0 saturated carbocycles. The van der Waals surface area contributed by atoms with Gasteiger partial charge in [-0.2, -0.15) is 13.2 Å². The molecule has 0 atom stereocenters. The highest BCUT2D eigenvalue weighted by atomic mass is 127. The van der Waals surface area contributed by atoms with Crippen LogP contribution in [0.4, 0.5) is 13.2 Å². The zero-order valence-electron chi connectivity index (χ0n) is 8.72. The van der Waals surface area contributed by atoms with E-state index in [4.69, 9.17) is 0 Å². The van der Waals surface area contributed by atoms with Crippen molar-refractivity contribution in [1.29, 1.82) is 0 Å². The van der Waals surface area contributed by atoms with Gasteiger partial charge < -0.3 is 4.74 Å². The van der Waals surface area contributed by atoms with E-state index in [9.17, 15) is 18.0 Å². The summed E-state index contributed by atoms with van der Waals surface area (Å²) in [6, 6.07) is 3.87. The first-order chi connectivity index (χ1) is 7.84. The van der Waals surface area contributed by atoms with E-state index in [-0.39, 0.29) is 5.56 Å². The lowest BCUT2D eigenvalue weighted by Crippen LogP contribution is -2.08. The summed E-state index contributed by atoms with van der Waals surface area (Å²) in [7, 11) is 1.16. The van der Waals surface area contributed by atoms with Crippen LogP contribution in [0.2, 0.25) is 0 Å². The normalized spacial score (nSPS) is 11.8. The smallest absolute Gasteiger partial charge is 0.417 e. The van der Waals surface area contributed by atoms with Crippen LogP contribution in [0.3, 0.4) is 0 Å². The molecule has 0 aliphatic carbocycles. The van der Waals surface area contributed by atoms with Crippen LogP contribution in [-0.2, 0) is 15.7 Å². The largest absolute Gasteiger partial charge is 0.466 e. The van der Waals surface area contributed by atoms with Crippen LogP contribution < -0.4 is 0 Å². The molecule has 0 saturated heterocycles. The van der Waals surface area contributed by atoms with Crippen LogP contribution in [0.5, 0.6) is 0 Å². The average molecular weight is 356 g/mol. The van der Waals surface area contributed by atoms with E-state index in [1.165, 1.54) is 12.1 Å². The summed E-state index contributed by atoms with van der Waals surface area (Å²) in [5, 5.41) is 0. The van der Waals surface area contributed by atoms with E-state index in [0.29, 0.717) is 3.57 Å². The van der Waals surface area contributed by atoms with Gasteiger partial charge in [0.1, 0.15) is 0 Å². The average Bonchev–Trinajstić information content (AvgIpc) is 2.25. The highest BCUT2D eigenvalue weighted by Gasteiger charge is 2.32. The molecule has 17 heavy (non-hydrogen) atoms.